The highest BCUT2D eigenvalue weighted by atomic mass is 35.5. The van der Waals surface area contributed by atoms with Crippen molar-refractivity contribution in [2.75, 3.05) is 18.4 Å². The van der Waals surface area contributed by atoms with Crippen molar-refractivity contribution in [1.82, 2.24) is 4.90 Å². The molecule has 1 fully saturated rings. The van der Waals surface area contributed by atoms with Gasteiger partial charge in [-0.1, -0.05) is 30.2 Å². The minimum absolute atomic E-state index is 0.127. The highest BCUT2D eigenvalue weighted by molar-refractivity contribution is 7.16. The average molecular weight is 455 g/mol. The minimum atomic E-state index is -0.182. The third-order valence-corrected chi connectivity index (χ3v) is 7.87. The summed E-state index contributed by atoms with van der Waals surface area (Å²) in [4.78, 5) is 16.9. The Morgan fingerprint density at radius 1 is 1.03 bits per heavy atom. The number of aryl methyl sites for hydroxylation is 1. The number of furan rings is 1. The first kappa shape index (κ1) is 20.8. The van der Waals surface area contributed by atoms with Gasteiger partial charge in [-0.05, 0) is 87.0 Å². The van der Waals surface area contributed by atoms with E-state index in [0.717, 1.165) is 36.0 Å². The first-order valence-corrected chi connectivity index (χ1v) is 12.4. The summed E-state index contributed by atoms with van der Waals surface area (Å²) < 4.78 is 5.35. The molecule has 31 heavy (non-hydrogen) atoms. The third-order valence-electron chi connectivity index (χ3n) is 6.40. The van der Waals surface area contributed by atoms with E-state index in [0.29, 0.717) is 5.76 Å². The first-order valence-electron chi connectivity index (χ1n) is 11.2. The van der Waals surface area contributed by atoms with Crippen molar-refractivity contribution in [2.24, 2.45) is 0 Å². The molecule has 1 amide bonds. The molecule has 162 valence electrons. The molecule has 0 spiro atoms. The molecule has 0 unspecified atom stereocenters. The second-order valence-corrected chi connectivity index (χ2v) is 9.98. The number of likely N-dealkylation sites (tertiary alicyclic amines) is 1. The van der Waals surface area contributed by atoms with Gasteiger partial charge in [-0.2, -0.15) is 0 Å². The van der Waals surface area contributed by atoms with E-state index in [2.05, 4.69) is 22.3 Å². The van der Waals surface area contributed by atoms with E-state index in [1.807, 2.05) is 12.1 Å². The molecule has 5 rings (SSSR count). The summed E-state index contributed by atoms with van der Waals surface area (Å²) in [5, 5.41) is 4.92. The zero-order chi connectivity index (χ0) is 21.2. The molecule has 6 heteroatoms. The van der Waals surface area contributed by atoms with Gasteiger partial charge in [-0.25, -0.2) is 0 Å². The van der Waals surface area contributed by atoms with E-state index in [4.69, 9.17) is 16.0 Å². The number of amides is 1. The van der Waals surface area contributed by atoms with Gasteiger partial charge in [0.25, 0.3) is 5.91 Å². The summed E-state index contributed by atoms with van der Waals surface area (Å²) in [7, 11) is 0. The highest BCUT2D eigenvalue weighted by Crippen LogP contribution is 2.46. The maximum Gasteiger partial charge on any atom is 0.291 e. The predicted molar refractivity (Wildman–Crippen MR) is 126 cm³/mol. The normalized spacial score (nSPS) is 17.8. The molecule has 1 N–H and O–H groups in total. The smallest absolute Gasteiger partial charge is 0.291 e. The van der Waals surface area contributed by atoms with Gasteiger partial charge in [0.15, 0.2) is 5.76 Å². The molecule has 0 bridgehead atoms. The van der Waals surface area contributed by atoms with Crippen LogP contribution in [0.25, 0.3) is 0 Å². The first-order chi connectivity index (χ1) is 15.2. The number of hydrogen-bond acceptors (Lipinski definition) is 4. The number of nitrogens with one attached hydrogen (secondary N) is 1. The molecule has 4 nitrogen and oxygen atoms in total. The lowest BCUT2D eigenvalue weighted by Crippen LogP contribution is -2.35. The standard InChI is InChI=1S/C25H27ClN2O2S/c26-18-12-10-17(11-13-18)23(28-14-4-1-5-15-28)22-19-7-2-3-9-21(19)31-25(22)27-24(29)20-8-6-16-30-20/h6,8,10-13,16,23H,1-5,7,9,14-15H2,(H,27,29)/t23-/m1/s1. The quantitative estimate of drug-likeness (QED) is 0.466. The molecule has 1 aliphatic heterocycles. The van der Waals surface area contributed by atoms with Gasteiger partial charge >= 0.3 is 0 Å². The maximum atomic E-state index is 12.9. The van der Waals surface area contributed by atoms with Crippen LogP contribution in [0, 0.1) is 0 Å². The third kappa shape index (κ3) is 4.32. The molecule has 2 aromatic heterocycles. The lowest BCUT2D eigenvalue weighted by Gasteiger charge is -2.36. The Morgan fingerprint density at radius 2 is 1.81 bits per heavy atom. The fraction of sp³-hybridized carbons (Fsp3) is 0.400. The Bertz CT molecular complexity index is 1040. The lowest BCUT2D eigenvalue weighted by atomic mass is 9.88. The summed E-state index contributed by atoms with van der Waals surface area (Å²) in [5.41, 5.74) is 3.96. The Kier molecular flexibility index (Phi) is 6.17. The Labute approximate surface area is 192 Å². The van der Waals surface area contributed by atoms with Gasteiger partial charge in [-0.15, -0.1) is 11.3 Å². The van der Waals surface area contributed by atoms with Crippen molar-refractivity contribution >= 4 is 33.8 Å². The lowest BCUT2D eigenvalue weighted by molar-refractivity contribution is 0.0996. The van der Waals surface area contributed by atoms with Crippen LogP contribution in [-0.2, 0) is 12.8 Å². The monoisotopic (exact) mass is 454 g/mol. The summed E-state index contributed by atoms with van der Waals surface area (Å²) >= 11 is 7.97. The van der Waals surface area contributed by atoms with Crippen molar-refractivity contribution < 1.29 is 9.21 Å². The molecule has 1 saturated heterocycles. The number of benzene rings is 1. The van der Waals surface area contributed by atoms with E-state index in [9.17, 15) is 4.79 Å². The summed E-state index contributed by atoms with van der Waals surface area (Å²) in [5.74, 6) is 0.164. The van der Waals surface area contributed by atoms with E-state index in [1.54, 1.807) is 29.7 Å². The van der Waals surface area contributed by atoms with Gasteiger partial charge in [0.2, 0.25) is 0 Å². The summed E-state index contributed by atoms with van der Waals surface area (Å²) in [6.45, 7) is 2.15. The molecule has 1 atom stereocenters. The van der Waals surface area contributed by atoms with Crippen molar-refractivity contribution in [2.45, 2.75) is 51.0 Å². The van der Waals surface area contributed by atoms with Gasteiger partial charge < -0.3 is 9.73 Å². The van der Waals surface area contributed by atoms with Gasteiger partial charge in [0, 0.05) is 15.5 Å². The number of rotatable bonds is 5. The van der Waals surface area contributed by atoms with Crippen LogP contribution in [0.2, 0.25) is 5.02 Å². The number of carbonyl (C=O) groups excluding carboxylic acids is 1. The largest absolute Gasteiger partial charge is 0.459 e. The van der Waals surface area contributed by atoms with Crippen molar-refractivity contribution in [3.8, 4) is 0 Å². The van der Waals surface area contributed by atoms with Crippen LogP contribution >= 0.6 is 22.9 Å². The number of anilines is 1. The van der Waals surface area contributed by atoms with Crippen molar-refractivity contribution in [3.05, 3.63) is 75.0 Å². The Hall–Kier alpha value is -2.08. The van der Waals surface area contributed by atoms with Gasteiger partial charge in [-0.3, -0.25) is 9.69 Å². The number of fused-ring (bicyclic) bond motifs is 1. The van der Waals surface area contributed by atoms with E-state index < -0.39 is 0 Å². The zero-order valence-electron chi connectivity index (χ0n) is 17.5. The number of carbonyl (C=O) groups is 1. The molecular weight excluding hydrogens is 428 g/mol. The number of hydrogen-bond donors (Lipinski definition) is 1. The second kappa shape index (κ2) is 9.19. The summed E-state index contributed by atoms with van der Waals surface area (Å²) in [6.07, 6.45) is 9.85. The fourth-order valence-electron chi connectivity index (χ4n) is 4.93. The molecule has 1 aromatic carbocycles. The van der Waals surface area contributed by atoms with Gasteiger partial charge in [0.05, 0.1) is 12.3 Å². The summed E-state index contributed by atoms with van der Waals surface area (Å²) in [6, 6.07) is 11.8. The second-order valence-electron chi connectivity index (χ2n) is 8.44. The van der Waals surface area contributed by atoms with Crippen LogP contribution in [0.15, 0.2) is 47.1 Å². The van der Waals surface area contributed by atoms with Crippen LogP contribution < -0.4 is 5.32 Å². The van der Waals surface area contributed by atoms with Crippen LogP contribution in [0.3, 0.4) is 0 Å². The predicted octanol–water partition coefficient (Wildman–Crippen LogP) is 6.70. The van der Waals surface area contributed by atoms with Crippen LogP contribution in [0.4, 0.5) is 5.00 Å². The molecule has 1 aliphatic carbocycles. The molecular formula is C25H27ClN2O2S. The van der Waals surface area contributed by atoms with Crippen LogP contribution in [0.5, 0.6) is 0 Å². The molecule has 0 saturated carbocycles. The Morgan fingerprint density at radius 3 is 2.55 bits per heavy atom. The minimum Gasteiger partial charge on any atom is -0.459 e. The van der Waals surface area contributed by atoms with E-state index in [1.165, 1.54) is 53.7 Å². The average Bonchev–Trinajstić information content (AvgIpc) is 3.45. The van der Waals surface area contributed by atoms with E-state index >= 15 is 0 Å². The number of halogens is 1. The number of thiophene rings is 1. The molecule has 0 radical (unpaired) electrons. The van der Waals surface area contributed by atoms with Crippen molar-refractivity contribution in [3.63, 3.8) is 0 Å². The van der Waals surface area contributed by atoms with Gasteiger partial charge in [0.1, 0.15) is 5.00 Å². The van der Waals surface area contributed by atoms with E-state index in [-0.39, 0.29) is 11.9 Å². The van der Waals surface area contributed by atoms with Crippen molar-refractivity contribution in [1.29, 1.82) is 0 Å². The molecule has 3 heterocycles. The highest BCUT2D eigenvalue weighted by Gasteiger charge is 2.33. The van der Waals surface area contributed by atoms with Crippen LogP contribution in [-0.4, -0.2) is 23.9 Å². The molecule has 2 aliphatic rings. The zero-order valence-corrected chi connectivity index (χ0v) is 19.1. The topological polar surface area (TPSA) is 45.5 Å². The number of nitrogens with zero attached hydrogens (tertiary/aromatic N) is 1. The number of piperidine rings is 1. The maximum absolute atomic E-state index is 12.9. The fourth-order valence-corrected chi connectivity index (χ4v) is 6.37. The van der Waals surface area contributed by atoms with Crippen LogP contribution in [0.1, 0.15) is 70.3 Å². The SMILES string of the molecule is O=C(Nc1sc2c(c1[C@@H](c1ccc(Cl)cc1)N1CCCCC1)CCCC2)c1ccco1. The molecule has 3 aromatic rings. The Balaban J connectivity index is 1.60.